The van der Waals surface area contributed by atoms with Gasteiger partial charge in [-0.05, 0) is 30.1 Å². The van der Waals surface area contributed by atoms with Crippen molar-refractivity contribution in [1.29, 1.82) is 0 Å². The van der Waals surface area contributed by atoms with Gasteiger partial charge in [0.1, 0.15) is 5.84 Å². The van der Waals surface area contributed by atoms with Crippen molar-refractivity contribution in [3.63, 3.8) is 0 Å². The Hall–Kier alpha value is -1.60. The molecule has 0 saturated carbocycles. The molecule has 0 aromatic heterocycles. The molecule has 7 nitrogen and oxygen atoms in total. The first-order chi connectivity index (χ1) is 7.63. The number of aliphatic imine (C=N–C) groups is 6. The zero-order valence-electron chi connectivity index (χ0n) is 7.89. The molecule has 3 aliphatic rings. The third kappa shape index (κ3) is 1.36. The summed E-state index contributed by atoms with van der Waals surface area (Å²) in [4.78, 5) is 25.4. The van der Waals surface area contributed by atoms with E-state index in [-0.39, 0.29) is 16.5 Å². The summed E-state index contributed by atoms with van der Waals surface area (Å²) in [5, 5.41) is 0.100. The number of halogens is 2. The predicted molar refractivity (Wildman–Crippen MR) is 63.8 cm³/mol. The Balaban J connectivity index is 2.24. The molecule has 3 heterocycles. The summed E-state index contributed by atoms with van der Waals surface area (Å²) < 4.78 is 0. The predicted octanol–water partition coefficient (Wildman–Crippen LogP) is 1.01. The first kappa shape index (κ1) is 9.61. The van der Waals surface area contributed by atoms with Gasteiger partial charge in [0, 0.05) is 0 Å². The molecule has 0 amide bonds. The Morgan fingerprint density at radius 1 is 0.750 bits per heavy atom. The second-order valence-electron chi connectivity index (χ2n) is 2.99. The van der Waals surface area contributed by atoms with Gasteiger partial charge in [0.2, 0.25) is 28.5 Å². The number of hydrogen-bond donors (Lipinski definition) is 0. The van der Waals surface area contributed by atoms with Crippen LogP contribution in [-0.4, -0.2) is 39.2 Å². The van der Waals surface area contributed by atoms with E-state index in [1.807, 2.05) is 0 Å². The van der Waals surface area contributed by atoms with Gasteiger partial charge in [-0.1, -0.05) is 0 Å². The van der Waals surface area contributed by atoms with Gasteiger partial charge in [0.05, 0.1) is 0 Å². The highest BCUT2D eigenvalue weighted by atomic mass is 35.5. The Kier molecular flexibility index (Phi) is 1.92. The summed E-state index contributed by atoms with van der Waals surface area (Å²) in [5.41, 5.74) is 0. The molecule has 0 atom stereocenters. The fourth-order valence-electron chi connectivity index (χ4n) is 1.34. The molecule has 16 heavy (non-hydrogen) atoms. The fraction of sp³-hybridized carbons (Fsp3) is 0.143. The van der Waals surface area contributed by atoms with Crippen molar-refractivity contribution in [2.75, 3.05) is 0 Å². The SMILES string of the molecule is CC1=NC2=NC(Cl)=NC3=NC(Cl)=NC(=N1)N23. The molecule has 0 bridgehead atoms. The van der Waals surface area contributed by atoms with E-state index in [9.17, 15) is 0 Å². The molecule has 0 unspecified atom stereocenters. The molecule has 0 aliphatic carbocycles. The van der Waals surface area contributed by atoms with Crippen LogP contribution in [0.4, 0.5) is 0 Å². The minimum Gasteiger partial charge on any atom is -0.213 e. The summed E-state index contributed by atoms with van der Waals surface area (Å²) in [7, 11) is 0. The van der Waals surface area contributed by atoms with Crippen LogP contribution in [0.3, 0.4) is 0 Å². The average molecular weight is 256 g/mol. The van der Waals surface area contributed by atoms with E-state index in [0.29, 0.717) is 17.8 Å². The van der Waals surface area contributed by atoms with E-state index in [2.05, 4.69) is 30.0 Å². The van der Waals surface area contributed by atoms with Crippen molar-refractivity contribution in [3.8, 4) is 0 Å². The number of amidine groups is 3. The molecule has 9 heteroatoms. The molecule has 3 aliphatic heterocycles. The highest BCUT2D eigenvalue weighted by molar-refractivity contribution is 6.69. The second kappa shape index (κ2) is 3.19. The van der Waals surface area contributed by atoms with Crippen LogP contribution in [0, 0.1) is 0 Å². The monoisotopic (exact) mass is 255 g/mol. The van der Waals surface area contributed by atoms with Crippen LogP contribution in [0.25, 0.3) is 0 Å². The van der Waals surface area contributed by atoms with Gasteiger partial charge < -0.3 is 0 Å². The van der Waals surface area contributed by atoms with Gasteiger partial charge >= 0.3 is 0 Å². The standard InChI is InChI=1S/C7H3Cl2N7/c1-2-10-5-12-3(8)14-7-15-4(9)13-6(11-2)16(5)7/h1H3. The van der Waals surface area contributed by atoms with E-state index in [1.165, 1.54) is 4.90 Å². The molecule has 0 fully saturated rings. The molecule has 0 radical (unpaired) electrons. The zero-order chi connectivity index (χ0) is 11.3. The number of hydrogen-bond acceptors (Lipinski definition) is 7. The highest BCUT2D eigenvalue weighted by Crippen LogP contribution is 2.18. The van der Waals surface area contributed by atoms with E-state index >= 15 is 0 Å². The molecule has 0 aromatic carbocycles. The lowest BCUT2D eigenvalue weighted by Gasteiger charge is -2.28. The summed E-state index contributed by atoms with van der Waals surface area (Å²) in [6, 6.07) is 0. The molecule has 0 saturated heterocycles. The van der Waals surface area contributed by atoms with Gasteiger partial charge in [-0.15, -0.1) is 0 Å². The van der Waals surface area contributed by atoms with E-state index in [4.69, 9.17) is 23.2 Å². The Bertz CT molecular complexity index is 484. The third-order valence-electron chi connectivity index (χ3n) is 1.89. The Labute approximate surface area is 99.6 Å². The first-order valence-electron chi connectivity index (χ1n) is 4.23. The summed E-state index contributed by atoms with van der Waals surface area (Å²) in [6.45, 7) is 1.72. The van der Waals surface area contributed by atoms with E-state index in [1.54, 1.807) is 6.92 Å². The quantitative estimate of drug-likeness (QED) is 0.595. The van der Waals surface area contributed by atoms with Crippen LogP contribution in [0.5, 0.6) is 0 Å². The van der Waals surface area contributed by atoms with Crippen LogP contribution >= 0.6 is 23.2 Å². The van der Waals surface area contributed by atoms with Crippen LogP contribution in [-0.2, 0) is 0 Å². The maximum absolute atomic E-state index is 5.74. The minimum absolute atomic E-state index is 0.0502. The van der Waals surface area contributed by atoms with Gasteiger partial charge in [0.25, 0.3) is 0 Å². The molecule has 80 valence electrons. The van der Waals surface area contributed by atoms with Crippen LogP contribution < -0.4 is 0 Å². The van der Waals surface area contributed by atoms with E-state index < -0.39 is 0 Å². The van der Waals surface area contributed by atoms with Gasteiger partial charge in [0.15, 0.2) is 0 Å². The fourth-order valence-corrected chi connectivity index (χ4v) is 1.64. The number of guanidine groups is 3. The van der Waals surface area contributed by atoms with Crippen LogP contribution in [0.15, 0.2) is 30.0 Å². The van der Waals surface area contributed by atoms with Gasteiger partial charge in [-0.25, -0.2) is 4.90 Å². The summed E-state index contributed by atoms with van der Waals surface area (Å²) in [5.74, 6) is 1.47. The van der Waals surface area contributed by atoms with Crippen molar-refractivity contribution >= 4 is 57.5 Å². The van der Waals surface area contributed by atoms with Crippen molar-refractivity contribution < 1.29 is 0 Å². The molecular weight excluding hydrogens is 253 g/mol. The molecule has 3 rings (SSSR count). The molecule has 0 N–H and O–H groups in total. The average Bonchev–Trinajstić information content (AvgIpc) is 2.14. The lowest BCUT2D eigenvalue weighted by Crippen LogP contribution is -2.46. The minimum atomic E-state index is 0.0502. The second-order valence-corrected chi connectivity index (χ2v) is 3.67. The van der Waals surface area contributed by atoms with Crippen molar-refractivity contribution in [3.05, 3.63) is 0 Å². The topological polar surface area (TPSA) is 77.4 Å². The molecular formula is C7H3Cl2N7. The maximum Gasteiger partial charge on any atom is 0.245 e. The number of rotatable bonds is 0. The normalized spacial score (nSPS) is 22.3. The molecule has 0 aromatic rings. The largest absolute Gasteiger partial charge is 0.245 e. The highest BCUT2D eigenvalue weighted by Gasteiger charge is 2.33. The molecule has 0 spiro atoms. The Morgan fingerprint density at radius 3 is 1.88 bits per heavy atom. The van der Waals surface area contributed by atoms with Crippen LogP contribution in [0.1, 0.15) is 6.92 Å². The third-order valence-corrected chi connectivity index (χ3v) is 2.23. The van der Waals surface area contributed by atoms with Crippen molar-refractivity contribution in [1.82, 2.24) is 4.90 Å². The smallest absolute Gasteiger partial charge is 0.213 e. The lowest BCUT2D eigenvalue weighted by molar-refractivity contribution is 0.831. The first-order valence-corrected chi connectivity index (χ1v) is 4.99. The maximum atomic E-state index is 5.74. The van der Waals surface area contributed by atoms with Crippen molar-refractivity contribution in [2.45, 2.75) is 6.92 Å². The van der Waals surface area contributed by atoms with Crippen LogP contribution in [0.2, 0.25) is 0 Å². The number of nitrogens with zero attached hydrogens (tertiary/aromatic N) is 7. The Morgan fingerprint density at radius 2 is 1.25 bits per heavy atom. The summed E-state index contributed by atoms with van der Waals surface area (Å²) >= 11 is 11.5. The van der Waals surface area contributed by atoms with Gasteiger partial charge in [-0.2, -0.15) is 30.0 Å². The summed E-state index contributed by atoms with van der Waals surface area (Å²) in [6.07, 6.45) is 0. The zero-order valence-corrected chi connectivity index (χ0v) is 9.40. The van der Waals surface area contributed by atoms with Crippen molar-refractivity contribution in [2.24, 2.45) is 30.0 Å². The van der Waals surface area contributed by atoms with E-state index in [0.717, 1.165) is 0 Å². The van der Waals surface area contributed by atoms with Gasteiger partial charge in [-0.3, -0.25) is 0 Å². The lowest BCUT2D eigenvalue weighted by atomic mass is 10.5.